The molecule has 0 bridgehead atoms. The summed E-state index contributed by atoms with van der Waals surface area (Å²) in [4.78, 5) is 26.2. The zero-order valence-electron chi connectivity index (χ0n) is 11.8. The first-order valence-electron chi connectivity index (χ1n) is 6.94. The van der Waals surface area contributed by atoms with E-state index in [-0.39, 0.29) is 17.6 Å². The topological polar surface area (TPSA) is 76.1 Å². The van der Waals surface area contributed by atoms with Gasteiger partial charge in [0.1, 0.15) is 11.4 Å². The number of aromatic amines is 1. The lowest BCUT2D eigenvalue weighted by atomic mass is 10.0. The van der Waals surface area contributed by atoms with Gasteiger partial charge >= 0.3 is 5.69 Å². The molecule has 110 valence electrons. The highest BCUT2D eigenvalue weighted by molar-refractivity contribution is 5.92. The highest BCUT2D eigenvalue weighted by atomic mass is 16.5. The molecule has 2 N–H and O–H groups in total. The van der Waals surface area contributed by atoms with Crippen molar-refractivity contribution in [3.63, 3.8) is 0 Å². The Morgan fingerprint density at radius 3 is 3.00 bits per heavy atom. The van der Waals surface area contributed by atoms with Crippen molar-refractivity contribution in [3.05, 3.63) is 52.2 Å². The van der Waals surface area contributed by atoms with Gasteiger partial charge in [-0.3, -0.25) is 9.36 Å². The van der Waals surface area contributed by atoms with E-state index in [2.05, 4.69) is 10.3 Å². The summed E-state index contributed by atoms with van der Waals surface area (Å²) in [5.41, 5.74) is 0.997. The number of benzene rings is 1. The number of imidazole rings is 1. The average molecular weight is 287 g/mol. The quantitative estimate of drug-likeness (QED) is 0.875. The number of hydrogen-bond acceptors (Lipinski definition) is 3. The molecule has 1 aliphatic rings. The van der Waals surface area contributed by atoms with E-state index in [9.17, 15) is 9.59 Å². The number of H-pyrrole nitrogens is 1. The summed E-state index contributed by atoms with van der Waals surface area (Å²) >= 11 is 0. The first-order valence-corrected chi connectivity index (χ1v) is 6.94. The van der Waals surface area contributed by atoms with Crippen LogP contribution < -0.4 is 15.7 Å². The molecule has 0 fully saturated rings. The molecule has 0 spiro atoms. The van der Waals surface area contributed by atoms with Gasteiger partial charge in [0.15, 0.2) is 0 Å². The van der Waals surface area contributed by atoms with Crippen molar-refractivity contribution in [1.29, 1.82) is 0 Å². The van der Waals surface area contributed by atoms with Crippen molar-refractivity contribution < 1.29 is 9.53 Å². The molecule has 1 aromatic carbocycles. The van der Waals surface area contributed by atoms with Crippen LogP contribution in [0.1, 0.15) is 34.9 Å². The van der Waals surface area contributed by atoms with Crippen LogP contribution in [-0.4, -0.2) is 22.1 Å². The molecule has 3 rings (SSSR count). The van der Waals surface area contributed by atoms with Crippen LogP contribution in [0.4, 0.5) is 0 Å². The molecular formula is C15H17N3O3. The number of aromatic nitrogens is 2. The predicted molar refractivity (Wildman–Crippen MR) is 77.4 cm³/mol. The molecule has 0 saturated heterocycles. The highest BCUT2D eigenvalue weighted by Gasteiger charge is 2.22. The second-order valence-corrected chi connectivity index (χ2v) is 5.09. The fourth-order valence-electron chi connectivity index (χ4n) is 2.56. The molecule has 0 radical (unpaired) electrons. The molecule has 0 saturated carbocycles. The van der Waals surface area contributed by atoms with Crippen LogP contribution >= 0.6 is 0 Å². The Morgan fingerprint density at radius 2 is 2.24 bits per heavy atom. The second kappa shape index (κ2) is 5.47. The van der Waals surface area contributed by atoms with Crippen molar-refractivity contribution in [3.8, 4) is 5.75 Å². The Bertz CT molecular complexity index is 717. The molecule has 2 aromatic rings. The van der Waals surface area contributed by atoms with E-state index in [4.69, 9.17) is 4.74 Å². The SMILES string of the molecule is Cn1c(C(=O)N[C@@H]2CCCOc3ccccc32)c[nH]c1=O. The van der Waals surface area contributed by atoms with Crippen LogP contribution in [0.5, 0.6) is 5.75 Å². The zero-order chi connectivity index (χ0) is 14.8. The van der Waals surface area contributed by atoms with E-state index in [0.29, 0.717) is 12.3 Å². The standard InChI is InChI=1S/C15H17N3O3/c1-18-12(9-16-15(18)20)14(19)17-11-6-4-8-21-13-7-3-2-5-10(11)13/h2-3,5,7,9,11H,4,6,8H2,1H3,(H,16,20)(H,17,19)/t11-/m1/s1. The summed E-state index contributed by atoms with van der Waals surface area (Å²) in [5.74, 6) is 0.542. The number of para-hydroxylation sites is 1. The lowest BCUT2D eigenvalue weighted by Crippen LogP contribution is -2.31. The van der Waals surface area contributed by atoms with Crippen LogP contribution in [0.3, 0.4) is 0 Å². The van der Waals surface area contributed by atoms with Gasteiger partial charge in [0.2, 0.25) is 0 Å². The van der Waals surface area contributed by atoms with Crippen LogP contribution in [0.2, 0.25) is 0 Å². The molecule has 1 amide bonds. The Morgan fingerprint density at radius 1 is 1.43 bits per heavy atom. The van der Waals surface area contributed by atoms with E-state index in [1.165, 1.54) is 10.8 Å². The lowest BCUT2D eigenvalue weighted by Gasteiger charge is -2.18. The summed E-state index contributed by atoms with van der Waals surface area (Å²) in [6.07, 6.45) is 3.10. The zero-order valence-corrected chi connectivity index (χ0v) is 11.8. The summed E-state index contributed by atoms with van der Waals surface area (Å²) in [6.45, 7) is 0.645. The van der Waals surface area contributed by atoms with Gasteiger partial charge in [-0.15, -0.1) is 0 Å². The van der Waals surface area contributed by atoms with Crippen molar-refractivity contribution in [2.24, 2.45) is 7.05 Å². The number of fused-ring (bicyclic) bond motifs is 1. The fourth-order valence-corrected chi connectivity index (χ4v) is 2.56. The van der Waals surface area contributed by atoms with E-state index >= 15 is 0 Å². The van der Waals surface area contributed by atoms with Crippen LogP contribution in [0, 0.1) is 0 Å². The largest absolute Gasteiger partial charge is 0.493 e. The van der Waals surface area contributed by atoms with E-state index in [1.807, 2.05) is 24.3 Å². The van der Waals surface area contributed by atoms with Crippen molar-refractivity contribution in [1.82, 2.24) is 14.9 Å². The van der Waals surface area contributed by atoms with Crippen LogP contribution in [-0.2, 0) is 7.05 Å². The van der Waals surface area contributed by atoms with Gasteiger partial charge < -0.3 is 15.0 Å². The maximum Gasteiger partial charge on any atom is 0.325 e. The average Bonchev–Trinajstić information content (AvgIpc) is 2.71. The number of ether oxygens (including phenoxy) is 1. The Kier molecular flexibility index (Phi) is 3.51. The summed E-state index contributed by atoms with van der Waals surface area (Å²) in [7, 11) is 1.57. The lowest BCUT2D eigenvalue weighted by molar-refractivity contribution is 0.0926. The predicted octanol–water partition coefficient (Wildman–Crippen LogP) is 1.36. The maximum atomic E-state index is 12.3. The summed E-state index contributed by atoms with van der Waals surface area (Å²) in [6, 6.07) is 7.60. The Balaban J connectivity index is 1.86. The molecular weight excluding hydrogens is 270 g/mol. The van der Waals surface area contributed by atoms with Gasteiger partial charge in [0.05, 0.1) is 12.6 Å². The molecule has 21 heavy (non-hydrogen) atoms. The van der Waals surface area contributed by atoms with Crippen LogP contribution in [0.25, 0.3) is 0 Å². The number of rotatable bonds is 2. The molecule has 2 heterocycles. The third-order valence-corrected chi connectivity index (χ3v) is 3.73. The Hall–Kier alpha value is -2.50. The molecule has 1 atom stereocenters. The number of carbonyl (C=O) groups is 1. The van der Waals surface area contributed by atoms with E-state index in [0.717, 1.165) is 24.2 Å². The number of amides is 1. The van der Waals surface area contributed by atoms with E-state index in [1.54, 1.807) is 7.05 Å². The minimum absolute atomic E-state index is 0.110. The van der Waals surface area contributed by atoms with Crippen molar-refractivity contribution in [2.75, 3.05) is 6.61 Å². The first kappa shape index (κ1) is 13.5. The van der Waals surface area contributed by atoms with Gasteiger partial charge in [-0.25, -0.2) is 4.79 Å². The monoisotopic (exact) mass is 287 g/mol. The van der Waals surface area contributed by atoms with Gasteiger partial charge in [-0.2, -0.15) is 0 Å². The first-order chi connectivity index (χ1) is 10.2. The van der Waals surface area contributed by atoms with Crippen molar-refractivity contribution in [2.45, 2.75) is 18.9 Å². The molecule has 1 aromatic heterocycles. The molecule has 6 heteroatoms. The maximum absolute atomic E-state index is 12.3. The molecule has 0 unspecified atom stereocenters. The Labute approximate surface area is 121 Å². The third-order valence-electron chi connectivity index (χ3n) is 3.73. The number of nitrogens with one attached hydrogen (secondary N) is 2. The van der Waals surface area contributed by atoms with E-state index < -0.39 is 0 Å². The highest BCUT2D eigenvalue weighted by Crippen LogP contribution is 2.31. The number of carbonyl (C=O) groups excluding carboxylic acids is 1. The second-order valence-electron chi connectivity index (χ2n) is 5.09. The number of hydrogen-bond donors (Lipinski definition) is 2. The molecule has 6 nitrogen and oxygen atoms in total. The van der Waals surface area contributed by atoms with Gasteiger partial charge in [-0.1, -0.05) is 18.2 Å². The van der Waals surface area contributed by atoms with Crippen LogP contribution in [0.15, 0.2) is 35.3 Å². The molecule has 0 aliphatic carbocycles. The van der Waals surface area contributed by atoms with Gasteiger partial charge in [-0.05, 0) is 18.9 Å². The third kappa shape index (κ3) is 2.56. The number of nitrogens with zero attached hydrogens (tertiary/aromatic N) is 1. The molecule has 1 aliphatic heterocycles. The summed E-state index contributed by atoms with van der Waals surface area (Å²) in [5, 5.41) is 2.99. The smallest absolute Gasteiger partial charge is 0.325 e. The fraction of sp³-hybridized carbons (Fsp3) is 0.333. The van der Waals surface area contributed by atoms with Gasteiger partial charge in [0.25, 0.3) is 5.91 Å². The normalized spacial score (nSPS) is 17.5. The minimum Gasteiger partial charge on any atom is -0.493 e. The summed E-state index contributed by atoms with van der Waals surface area (Å²) < 4.78 is 6.98. The van der Waals surface area contributed by atoms with Crippen molar-refractivity contribution >= 4 is 5.91 Å². The van der Waals surface area contributed by atoms with Gasteiger partial charge in [0, 0.05) is 18.8 Å². The minimum atomic E-state index is -0.301.